The van der Waals surface area contributed by atoms with E-state index in [2.05, 4.69) is 17.0 Å². The van der Waals surface area contributed by atoms with Crippen LogP contribution in [0.2, 0.25) is 0 Å². The fourth-order valence-electron chi connectivity index (χ4n) is 4.00. The Hall–Kier alpha value is -3.70. The first-order valence-electron chi connectivity index (χ1n) is 11.4. The molecule has 2 aromatic carbocycles. The molecule has 1 saturated heterocycles. The van der Waals surface area contributed by atoms with Crippen LogP contribution in [0.15, 0.2) is 65.6 Å². The van der Waals surface area contributed by atoms with E-state index >= 15 is 0 Å². The molecule has 2 aromatic rings. The smallest absolute Gasteiger partial charge is 0.328 e. The molecule has 0 saturated carbocycles. The van der Waals surface area contributed by atoms with Crippen molar-refractivity contribution in [3.05, 3.63) is 71.8 Å². The van der Waals surface area contributed by atoms with Crippen LogP contribution in [0.1, 0.15) is 35.2 Å². The zero-order valence-corrected chi connectivity index (χ0v) is 20.6. The summed E-state index contributed by atoms with van der Waals surface area (Å²) < 4.78 is 32.1. The number of anilines is 1. The predicted molar refractivity (Wildman–Crippen MR) is 132 cm³/mol. The fraction of sp³-hybridized carbons (Fsp3) is 0.320. The quantitative estimate of drug-likeness (QED) is 0.531. The number of carbonyl (C=O) groups is 3. The summed E-state index contributed by atoms with van der Waals surface area (Å²) in [6, 6.07) is 14.6. The second-order valence-electron chi connectivity index (χ2n) is 8.14. The minimum atomic E-state index is -3.77. The molecule has 192 valence electrons. The van der Waals surface area contributed by atoms with Crippen molar-refractivity contribution in [1.82, 2.24) is 4.31 Å². The second kappa shape index (κ2) is 11.8. The first-order valence-corrected chi connectivity index (χ1v) is 12.8. The molecular formula is C25H28N2O8S. The SMILES string of the molecule is CCC(CN1C(=O)c2ccccc2S1(=O)=O)c1ccc(N2CCOCC2)cc1.O=C(O)C=CC(=O)O. The van der Waals surface area contributed by atoms with Gasteiger partial charge < -0.3 is 19.8 Å². The van der Waals surface area contributed by atoms with Gasteiger partial charge in [0.15, 0.2) is 0 Å². The number of nitrogens with zero attached hydrogens (tertiary/aromatic N) is 2. The van der Waals surface area contributed by atoms with Crippen molar-refractivity contribution in [1.29, 1.82) is 0 Å². The third-order valence-corrected chi connectivity index (χ3v) is 7.71. The van der Waals surface area contributed by atoms with Gasteiger partial charge in [0.2, 0.25) is 0 Å². The average Bonchev–Trinajstić information content (AvgIpc) is 3.07. The minimum Gasteiger partial charge on any atom is -0.478 e. The van der Waals surface area contributed by atoms with Crippen molar-refractivity contribution < 1.29 is 37.8 Å². The molecule has 2 heterocycles. The van der Waals surface area contributed by atoms with Crippen LogP contribution < -0.4 is 4.90 Å². The third-order valence-electron chi connectivity index (χ3n) is 5.90. The van der Waals surface area contributed by atoms with Crippen LogP contribution in [0.4, 0.5) is 5.69 Å². The summed E-state index contributed by atoms with van der Waals surface area (Å²) in [5.74, 6) is -2.99. The molecule has 0 aliphatic carbocycles. The van der Waals surface area contributed by atoms with E-state index in [1.807, 2.05) is 19.1 Å². The van der Waals surface area contributed by atoms with Crippen LogP contribution in [0.5, 0.6) is 0 Å². The van der Waals surface area contributed by atoms with Gasteiger partial charge in [-0.05, 0) is 36.2 Å². The van der Waals surface area contributed by atoms with Gasteiger partial charge in [-0.25, -0.2) is 22.3 Å². The largest absolute Gasteiger partial charge is 0.478 e. The Kier molecular flexibility index (Phi) is 8.83. The first-order chi connectivity index (χ1) is 17.1. The van der Waals surface area contributed by atoms with Crippen molar-refractivity contribution in [3.63, 3.8) is 0 Å². The topological polar surface area (TPSA) is 142 Å². The van der Waals surface area contributed by atoms with E-state index in [1.54, 1.807) is 18.2 Å². The zero-order valence-electron chi connectivity index (χ0n) is 19.7. The fourth-order valence-corrected chi connectivity index (χ4v) is 5.62. The van der Waals surface area contributed by atoms with Crippen molar-refractivity contribution in [2.75, 3.05) is 37.7 Å². The van der Waals surface area contributed by atoms with Gasteiger partial charge in [0.1, 0.15) is 4.90 Å². The number of fused-ring (bicyclic) bond motifs is 1. The van der Waals surface area contributed by atoms with Gasteiger partial charge >= 0.3 is 11.9 Å². The Morgan fingerprint density at radius 3 is 2.11 bits per heavy atom. The molecule has 1 fully saturated rings. The molecule has 1 amide bonds. The number of aliphatic carboxylic acids is 2. The van der Waals surface area contributed by atoms with Gasteiger partial charge in [0.25, 0.3) is 15.9 Å². The van der Waals surface area contributed by atoms with Gasteiger partial charge in [0.05, 0.1) is 18.8 Å². The number of carboxylic acid groups (broad SMARTS) is 2. The first kappa shape index (κ1) is 26.9. The standard InChI is InChI=1S/C21H24N2O4S.C4H4O4/c1-2-16(17-7-9-18(10-8-17)22-11-13-27-14-12-22)15-23-21(24)19-5-3-4-6-20(19)28(23,25)26;5-3(6)1-2-4(7)8/h3-10,16H,2,11-15H2,1H3;1-2H,(H,5,6)(H,7,8). The number of amides is 1. The molecular weight excluding hydrogens is 488 g/mol. The van der Waals surface area contributed by atoms with Crippen LogP contribution in [-0.2, 0) is 24.3 Å². The number of ether oxygens (including phenoxy) is 1. The normalized spacial score (nSPS) is 17.3. The van der Waals surface area contributed by atoms with Crippen molar-refractivity contribution in [2.45, 2.75) is 24.2 Å². The highest BCUT2D eigenvalue weighted by Crippen LogP contribution is 2.33. The highest BCUT2D eigenvalue weighted by molar-refractivity contribution is 7.90. The molecule has 10 nitrogen and oxygen atoms in total. The van der Waals surface area contributed by atoms with Gasteiger partial charge in [-0.3, -0.25) is 4.79 Å². The molecule has 2 N–H and O–H groups in total. The molecule has 1 atom stereocenters. The van der Waals surface area contributed by atoms with Crippen molar-refractivity contribution in [3.8, 4) is 0 Å². The van der Waals surface area contributed by atoms with Crippen LogP contribution >= 0.6 is 0 Å². The number of hydrogen-bond acceptors (Lipinski definition) is 7. The summed E-state index contributed by atoms with van der Waals surface area (Å²) in [5, 5.41) is 15.6. The van der Waals surface area contributed by atoms with Gasteiger partial charge in [-0.2, -0.15) is 0 Å². The Bertz CT molecular complexity index is 1220. The van der Waals surface area contributed by atoms with E-state index in [9.17, 15) is 22.8 Å². The predicted octanol–water partition coefficient (Wildman–Crippen LogP) is 2.57. The van der Waals surface area contributed by atoms with E-state index in [1.165, 1.54) is 6.07 Å². The number of sulfonamides is 1. The van der Waals surface area contributed by atoms with E-state index in [0.717, 1.165) is 48.3 Å². The molecule has 0 bridgehead atoms. The lowest BCUT2D eigenvalue weighted by molar-refractivity contribution is -0.134. The summed E-state index contributed by atoms with van der Waals surface area (Å²) in [5.41, 5.74) is 2.44. The van der Waals surface area contributed by atoms with Crippen LogP contribution in [0.3, 0.4) is 0 Å². The van der Waals surface area contributed by atoms with E-state index < -0.39 is 27.9 Å². The number of carbonyl (C=O) groups excluding carboxylic acids is 1. The maximum absolute atomic E-state index is 12.8. The molecule has 0 spiro atoms. The average molecular weight is 517 g/mol. The van der Waals surface area contributed by atoms with Gasteiger partial charge in [-0.1, -0.05) is 31.2 Å². The summed E-state index contributed by atoms with van der Waals surface area (Å²) >= 11 is 0. The molecule has 0 radical (unpaired) electrons. The number of rotatable bonds is 7. The number of benzene rings is 2. The zero-order chi connectivity index (χ0) is 26.3. The summed E-state index contributed by atoms with van der Waals surface area (Å²) in [6.07, 6.45) is 1.86. The van der Waals surface area contributed by atoms with Crippen LogP contribution in [0, 0.1) is 0 Å². The molecule has 1 unspecified atom stereocenters. The number of morpholine rings is 1. The van der Waals surface area contributed by atoms with Crippen LogP contribution in [0.25, 0.3) is 0 Å². The van der Waals surface area contributed by atoms with Crippen molar-refractivity contribution in [2.24, 2.45) is 0 Å². The third kappa shape index (κ3) is 6.29. The molecule has 2 aliphatic rings. The van der Waals surface area contributed by atoms with E-state index in [0.29, 0.717) is 12.2 Å². The molecule has 36 heavy (non-hydrogen) atoms. The van der Waals surface area contributed by atoms with E-state index in [4.69, 9.17) is 14.9 Å². The Morgan fingerprint density at radius 1 is 1.00 bits per heavy atom. The highest BCUT2D eigenvalue weighted by Gasteiger charge is 2.41. The Morgan fingerprint density at radius 2 is 1.58 bits per heavy atom. The van der Waals surface area contributed by atoms with Gasteiger partial charge in [-0.15, -0.1) is 0 Å². The molecule has 0 aromatic heterocycles. The molecule has 4 rings (SSSR count). The lowest BCUT2D eigenvalue weighted by atomic mass is 9.96. The molecule has 11 heteroatoms. The second-order valence-corrected chi connectivity index (χ2v) is 9.97. The van der Waals surface area contributed by atoms with Crippen molar-refractivity contribution >= 4 is 33.6 Å². The Balaban J connectivity index is 0.000000392. The maximum atomic E-state index is 12.8. The summed E-state index contributed by atoms with van der Waals surface area (Å²) in [4.78, 5) is 34.2. The highest BCUT2D eigenvalue weighted by atomic mass is 32.2. The molecule has 2 aliphatic heterocycles. The lowest BCUT2D eigenvalue weighted by Crippen LogP contribution is -2.36. The Labute approximate surface area is 209 Å². The minimum absolute atomic E-state index is 0.0493. The number of hydrogen-bond donors (Lipinski definition) is 2. The number of carboxylic acids is 2. The lowest BCUT2D eigenvalue weighted by Gasteiger charge is -2.29. The summed E-state index contributed by atoms with van der Waals surface area (Å²) in [7, 11) is -3.77. The van der Waals surface area contributed by atoms with E-state index in [-0.39, 0.29) is 22.9 Å². The van der Waals surface area contributed by atoms with Crippen LogP contribution in [-0.4, -0.2) is 73.6 Å². The maximum Gasteiger partial charge on any atom is 0.328 e. The monoisotopic (exact) mass is 516 g/mol. The van der Waals surface area contributed by atoms with Gasteiger partial charge in [0, 0.05) is 43.4 Å². The summed E-state index contributed by atoms with van der Waals surface area (Å²) in [6.45, 7) is 5.37.